The van der Waals surface area contributed by atoms with E-state index in [0.717, 1.165) is 0 Å². The molecule has 0 heterocycles. The van der Waals surface area contributed by atoms with Gasteiger partial charge in [-0.25, -0.2) is 4.39 Å². The van der Waals surface area contributed by atoms with Crippen molar-refractivity contribution in [2.24, 2.45) is 0 Å². The highest BCUT2D eigenvalue weighted by Crippen LogP contribution is 2.36. The lowest BCUT2D eigenvalue weighted by atomic mass is 10.2. The molecular formula is C13H9Cl3FNO. The van der Waals surface area contributed by atoms with Crippen molar-refractivity contribution in [3.8, 4) is 5.75 Å². The molecule has 0 radical (unpaired) electrons. The van der Waals surface area contributed by atoms with E-state index in [2.05, 4.69) is 0 Å². The van der Waals surface area contributed by atoms with Crippen molar-refractivity contribution in [2.75, 3.05) is 5.73 Å². The van der Waals surface area contributed by atoms with Gasteiger partial charge in [0, 0.05) is 5.02 Å². The van der Waals surface area contributed by atoms with E-state index < -0.39 is 5.82 Å². The first-order valence-corrected chi connectivity index (χ1v) is 6.42. The zero-order chi connectivity index (χ0) is 14.0. The first-order valence-electron chi connectivity index (χ1n) is 5.28. The number of benzene rings is 2. The Morgan fingerprint density at radius 1 is 1.05 bits per heavy atom. The van der Waals surface area contributed by atoms with Crippen LogP contribution in [0.3, 0.4) is 0 Å². The van der Waals surface area contributed by atoms with Crippen molar-refractivity contribution in [2.45, 2.75) is 6.61 Å². The number of hydrogen-bond acceptors (Lipinski definition) is 2. The second-order valence-electron chi connectivity index (χ2n) is 3.84. The van der Waals surface area contributed by atoms with Gasteiger partial charge in [0.1, 0.15) is 12.4 Å². The molecule has 0 aliphatic heterocycles. The van der Waals surface area contributed by atoms with Gasteiger partial charge in [0.15, 0.2) is 5.75 Å². The summed E-state index contributed by atoms with van der Waals surface area (Å²) in [6.45, 7) is 0.123. The molecule has 0 aliphatic rings. The van der Waals surface area contributed by atoms with E-state index in [9.17, 15) is 4.39 Å². The zero-order valence-electron chi connectivity index (χ0n) is 9.59. The van der Waals surface area contributed by atoms with Crippen LogP contribution in [0.4, 0.5) is 10.1 Å². The molecular weight excluding hydrogens is 312 g/mol. The van der Waals surface area contributed by atoms with Crippen LogP contribution in [0.2, 0.25) is 15.1 Å². The van der Waals surface area contributed by atoms with Crippen LogP contribution in [0, 0.1) is 5.82 Å². The quantitative estimate of drug-likeness (QED) is 0.812. The highest BCUT2D eigenvalue weighted by atomic mass is 35.5. The van der Waals surface area contributed by atoms with Crippen molar-refractivity contribution in [1.29, 1.82) is 0 Å². The van der Waals surface area contributed by atoms with Gasteiger partial charge in [0.05, 0.1) is 15.7 Å². The smallest absolute Gasteiger partial charge is 0.157 e. The van der Waals surface area contributed by atoms with E-state index in [1.807, 2.05) is 0 Å². The average Bonchev–Trinajstić information content (AvgIpc) is 2.32. The van der Waals surface area contributed by atoms with E-state index >= 15 is 0 Å². The molecule has 0 amide bonds. The Morgan fingerprint density at radius 3 is 2.26 bits per heavy atom. The molecule has 2 nitrogen and oxygen atoms in total. The van der Waals surface area contributed by atoms with E-state index in [-0.39, 0.29) is 12.3 Å². The monoisotopic (exact) mass is 319 g/mol. The third kappa shape index (κ3) is 3.44. The molecule has 19 heavy (non-hydrogen) atoms. The Labute approximate surface area is 124 Å². The second kappa shape index (κ2) is 5.87. The maximum absolute atomic E-state index is 13.3. The number of hydrogen-bond donors (Lipinski definition) is 1. The fourth-order valence-corrected chi connectivity index (χ4v) is 2.41. The molecule has 0 aliphatic carbocycles. The number of nitrogens with two attached hydrogens (primary N) is 1. The molecule has 100 valence electrons. The summed E-state index contributed by atoms with van der Waals surface area (Å²) in [6.07, 6.45) is 0. The van der Waals surface area contributed by atoms with Gasteiger partial charge in [0.25, 0.3) is 0 Å². The Balaban J connectivity index is 2.16. The SMILES string of the molecule is Nc1ccc(COc2c(Cl)cc(Cl)cc2Cl)cc1F. The van der Waals surface area contributed by atoms with E-state index in [4.69, 9.17) is 45.3 Å². The summed E-state index contributed by atoms with van der Waals surface area (Å²) in [7, 11) is 0. The van der Waals surface area contributed by atoms with Crippen LogP contribution in [0.15, 0.2) is 30.3 Å². The highest BCUT2D eigenvalue weighted by molar-refractivity contribution is 6.40. The molecule has 2 aromatic carbocycles. The Bertz CT molecular complexity index is 596. The van der Waals surface area contributed by atoms with Crippen molar-refractivity contribution >= 4 is 40.5 Å². The third-order valence-electron chi connectivity index (χ3n) is 2.41. The van der Waals surface area contributed by atoms with Gasteiger partial charge in [-0.15, -0.1) is 0 Å². The summed E-state index contributed by atoms with van der Waals surface area (Å²) in [5.41, 5.74) is 6.10. The van der Waals surface area contributed by atoms with Crippen LogP contribution in [-0.2, 0) is 6.61 Å². The van der Waals surface area contributed by atoms with Crippen molar-refractivity contribution < 1.29 is 9.13 Å². The van der Waals surface area contributed by atoms with Crippen LogP contribution in [-0.4, -0.2) is 0 Å². The standard InChI is InChI=1S/C13H9Cl3FNO/c14-8-4-9(15)13(10(16)5-8)19-6-7-1-2-12(18)11(17)3-7/h1-5H,6,18H2. The summed E-state index contributed by atoms with van der Waals surface area (Å²) in [5, 5.41) is 1.02. The van der Waals surface area contributed by atoms with Crippen molar-refractivity contribution in [1.82, 2.24) is 0 Å². The first kappa shape index (κ1) is 14.3. The second-order valence-corrected chi connectivity index (χ2v) is 5.09. The molecule has 0 spiro atoms. The average molecular weight is 321 g/mol. The Kier molecular flexibility index (Phi) is 4.40. The lowest BCUT2D eigenvalue weighted by molar-refractivity contribution is 0.306. The van der Waals surface area contributed by atoms with E-state index in [1.165, 1.54) is 24.3 Å². The summed E-state index contributed by atoms with van der Waals surface area (Å²) >= 11 is 17.7. The number of ether oxygens (including phenoxy) is 1. The van der Waals surface area contributed by atoms with Crippen LogP contribution < -0.4 is 10.5 Å². The van der Waals surface area contributed by atoms with Gasteiger partial charge in [-0.2, -0.15) is 0 Å². The molecule has 6 heteroatoms. The molecule has 0 saturated carbocycles. The molecule has 0 fully saturated rings. The molecule has 0 aromatic heterocycles. The van der Waals surface area contributed by atoms with Crippen molar-refractivity contribution in [3.05, 3.63) is 56.8 Å². The summed E-state index contributed by atoms with van der Waals surface area (Å²) in [6, 6.07) is 7.48. The predicted molar refractivity (Wildman–Crippen MR) is 76.6 cm³/mol. The molecule has 0 bridgehead atoms. The van der Waals surface area contributed by atoms with Gasteiger partial charge in [0.2, 0.25) is 0 Å². The number of anilines is 1. The fraction of sp³-hybridized carbons (Fsp3) is 0.0769. The van der Waals surface area contributed by atoms with E-state index in [0.29, 0.717) is 26.4 Å². The van der Waals surface area contributed by atoms with Crippen LogP contribution >= 0.6 is 34.8 Å². The summed E-state index contributed by atoms with van der Waals surface area (Å²) in [5.74, 6) is -0.181. The Morgan fingerprint density at radius 2 is 1.68 bits per heavy atom. The maximum atomic E-state index is 13.3. The summed E-state index contributed by atoms with van der Waals surface area (Å²) in [4.78, 5) is 0. The molecule has 2 rings (SSSR count). The highest BCUT2D eigenvalue weighted by Gasteiger charge is 2.10. The lowest BCUT2D eigenvalue weighted by Crippen LogP contribution is -1.99. The third-order valence-corrected chi connectivity index (χ3v) is 3.19. The minimum Gasteiger partial charge on any atom is -0.486 e. The topological polar surface area (TPSA) is 35.2 Å². The normalized spacial score (nSPS) is 10.5. The van der Waals surface area contributed by atoms with Gasteiger partial charge in [-0.1, -0.05) is 40.9 Å². The van der Waals surface area contributed by atoms with Crippen LogP contribution in [0.5, 0.6) is 5.75 Å². The fourth-order valence-electron chi connectivity index (χ4n) is 1.48. The zero-order valence-corrected chi connectivity index (χ0v) is 11.9. The maximum Gasteiger partial charge on any atom is 0.157 e. The van der Waals surface area contributed by atoms with Gasteiger partial charge < -0.3 is 10.5 Å². The van der Waals surface area contributed by atoms with Gasteiger partial charge >= 0.3 is 0 Å². The van der Waals surface area contributed by atoms with Crippen molar-refractivity contribution in [3.63, 3.8) is 0 Å². The van der Waals surface area contributed by atoms with Gasteiger partial charge in [-0.3, -0.25) is 0 Å². The number of rotatable bonds is 3. The largest absolute Gasteiger partial charge is 0.486 e. The Hall–Kier alpha value is -1.16. The van der Waals surface area contributed by atoms with Crippen LogP contribution in [0.1, 0.15) is 5.56 Å². The lowest BCUT2D eigenvalue weighted by Gasteiger charge is -2.10. The minimum atomic E-state index is -0.491. The first-order chi connectivity index (χ1) is 8.97. The molecule has 2 aromatic rings. The van der Waals surface area contributed by atoms with Gasteiger partial charge in [-0.05, 0) is 29.8 Å². The molecule has 0 atom stereocenters. The number of nitrogen functional groups attached to an aromatic ring is 1. The summed E-state index contributed by atoms with van der Waals surface area (Å²) < 4.78 is 18.7. The van der Waals surface area contributed by atoms with Crippen LogP contribution in [0.25, 0.3) is 0 Å². The predicted octanol–water partition coefficient (Wildman–Crippen LogP) is 4.95. The number of halogens is 4. The molecule has 2 N–H and O–H groups in total. The van der Waals surface area contributed by atoms with E-state index in [1.54, 1.807) is 6.07 Å². The minimum absolute atomic E-state index is 0.0892. The molecule has 0 unspecified atom stereocenters. The molecule has 0 saturated heterocycles.